The van der Waals surface area contributed by atoms with Crippen LogP contribution in [0.2, 0.25) is 0 Å². The van der Waals surface area contributed by atoms with Crippen LogP contribution in [0.3, 0.4) is 0 Å². The number of para-hydroxylation sites is 1. The zero-order valence-electron chi connectivity index (χ0n) is 11.5. The Morgan fingerprint density at radius 3 is 2.43 bits per heavy atom. The van der Waals surface area contributed by atoms with E-state index in [0.717, 1.165) is 25.3 Å². The average Bonchev–Trinajstić information content (AvgIpc) is 2.47. The van der Waals surface area contributed by atoms with Crippen molar-refractivity contribution in [3.63, 3.8) is 0 Å². The number of nitrogens with zero attached hydrogens (tertiary/aromatic N) is 1. The van der Waals surface area contributed by atoms with Gasteiger partial charge in [0.25, 0.3) is 5.69 Å². The molecule has 0 aliphatic heterocycles. The molecule has 2 rings (SSSR count). The maximum atomic E-state index is 12.3. The first-order valence-corrected chi connectivity index (χ1v) is 8.56. The summed E-state index contributed by atoms with van der Waals surface area (Å²) in [5.41, 5.74) is -0.478. The number of rotatable bonds is 5. The van der Waals surface area contributed by atoms with Crippen molar-refractivity contribution in [2.45, 2.75) is 37.0 Å². The van der Waals surface area contributed by atoms with E-state index < -0.39 is 26.2 Å². The molecular formula is C14H17NO5S. The summed E-state index contributed by atoms with van der Waals surface area (Å²) in [7, 11) is -3.98. The average molecular weight is 311 g/mol. The molecule has 0 N–H and O–H groups in total. The van der Waals surface area contributed by atoms with Crippen molar-refractivity contribution in [3.05, 3.63) is 34.4 Å². The van der Waals surface area contributed by atoms with E-state index in [4.69, 9.17) is 0 Å². The minimum absolute atomic E-state index is 0.226. The molecule has 0 bridgehead atoms. The molecule has 0 aromatic heterocycles. The third-order valence-corrected chi connectivity index (χ3v) is 5.47. The molecule has 0 heterocycles. The Morgan fingerprint density at radius 2 is 1.81 bits per heavy atom. The highest BCUT2D eigenvalue weighted by molar-refractivity contribution is 7.92. The highest BCUT2D eigenvalue weighted by Crippen LogP contribution is 2.28. The van der Waals surface area contributed by atoms with E-state index in [1.165, 1.54) is 18.2 Å². The maximum absolute atomic E-state index is 12.3. The third kappa shape index (κ3) is 3.66. The lowest BCUT2D eigenvalue weighted by Crippen LogP contribution is -2.25. The minimum Gasteiger partial charge on any atom is -0.298 e. The number of nitro groups is 1. The SMILES string of the molecule is O=C(CS(=O)(=O)c1ccccc1[N+](=O)[O-])C1CCCCC1. The zero-order chi connectivity index (χ0) is 15.5. The van der Waals surface area contributed by atoms with E-state index in [1.807, 2.05) is 0 Å². The fraction of sp³-hybridized carbons (Fsp3) is 0.500. The van der Waals surface area contributed by atoms with Gasteiger partial charge < -0.3 is 0 Å². The van der Waals surface area contributed by atoms with Gasteiger partial charge in [0.15, 0.2) is 15.6 Å². The summed E-state index contributed by atoms with van der Waals surface area (Å²) in [4.78, 5) is 21.9. The molecule has 0 spiro atoms. The molecule has 0 amide bonds. The van der Waals surface area contributed by atoms with Crippen molar-refractivity contribution in [2.24, 2.45) is 5.92 Å². The smallest absolute Gasteiger partial charge is 0.287 e. The lowest BCUT2D eigenvalue weighted by molar-refractivity contribution is -0.387. The van der Waals surface area contributed by atoms with E-state index in [9.17, 15) is 23.3 Å². The fourth-order valence-electron chi connectivity index (χ4n) is 2.68. The largest absolute Gasteiger partial charge is 0.298 e. The van der Waals surface area contributed by atoms with Crippen molar-refractivity contribution in [3.8, 4) is 0 Å². The molecule has 0 atom stereocenters. The summed E-state index contributed by atoms with van der Waals surface area (Å²) in [6.45, 7) is 0. The number of benzene rings is 1. The number of carbonyl (C=O) groups is 1. The number of hydrogen-bond donors (Lipinski definition) is 0. The highest BCUT2D eigenvalue weighted by Gasteiger charge is 2.31. The number of nitro benzene ring substituents is 1. The topological polar surface area (TPSA) is 94.3 Å². The zero-order valence-corrected chi connectivity index (χ0v) is 12.3. The first-order chi connectivity index (χ1) is 9.92. The molecule has 1 aliphatic carbocycles. The number of ketones is 1. The third-order valence-electron chi connectivity index (χ3n) is 3.79. The highest BCUT2D eigenvalue weighted by atomic mass is 32.2. The Labute approximate surface area is 123 Å². The quantitative estimate of drug-likeness (QED) is 0.615. The van der Waals surface area contributed by atoms with Crippen LogP contribution in [0.15, 0.2) is 29.2 Å². The summed E-state index contributed by atoms with van der Waals surface area (Å²) in [5, 5.41) is 10.9. The summed E-state index contributed by atoms with van der Waals surface area (Å²) in [6, 6.07) is 5.14. The predicted molar refractivity (Wildman–Crippen MR) is 76.7 cm³/mol. The van der Waals surface area contributed by atoms with Crippen LogP contribution >= 0.6 is 0 Å². The lowest BCUT2D eigenvalue weighted by atomic mass is 9.87. The second-order valence-corrected chi connectivity index (χ2v) is 7.24. The van der Waals surface area contributed by atoms with Crippen molar-refractivity contribution < 1.29 is 18.1 Å². The lowest BCUT2D eigenvalue weighted by Gasteiger charge is -2.20. The van der Waals surface area contributed by atoms with Gasteiger partial charge in [-0.05, 0) is 18.9 Å². The molecule has 114 valence electrons. The van der Waals surface area contributed by atoms with Crippen LogP contribution < -0.4 is 0 Å². The van der Waals surface area contributed by atoms with Crippen molar-refractivity contribution in [1.29, 1.82) is 0 Å². The molecule has 1 fully saturated rings. The summed E-state index contributed by atoms with van der Waals surface area (Å²) in [5.74, 6) is -1.20. The normalized spacial score (nSPS) is 16.6. The number of hydrogen-bond acceptors (Lipinski definition) is 5. The van der Waals surface area contributed by atoms with Crippen LogP contribution in [-0.2, 0) is 14.6 Å². The Kier molecular flexibility index (Phi) is 4.72. The van der Waals surface area contributed by atoms with Gasteiger partial charge in [-0.25, -0.2) is 8.42 Å². The van der Waals surface area contributed by atoms with Gasteiger partial charge in [-0.2, -0.15) is 0 Å². The van der Waals surface area contributed by atoms with Crippen LogP contribution in [0.5, 0.6) is 0 Å². The van der Waals surface area contributed by atoms with Gasteiger partial charge >= 0.3 is 0 Å². The van der Waals surface area contributed by atoms with Gasteiger partial charge in [0, 0.05) is 12.0 Å². The molecule has 0 unspecified atom stereocenters. The minimum atomic E-state index is -3.98. The van der Waals surface area contributed by atoms with Crippen LogP contribution in [0, 0.1) is 16.0 Å². The van der Waals surface area contributed by atoms with Crippen LogP contribution in [0.1, 0.15) is 32.1 Å². The molecule has 1 aromatic rings. The van der Waals surface area contributed by atoms with Gasteiger partial charge in [0.1, 0.15) is 10.6 Å². The van der Waals surface area contributed by atoms with Crippen molar-refractivity contribution in [1.82, 2.24) is 0 Å². The van der Waals surface area contributed by atoms with Crippen LogP contribution in [0.25, 0.3) is 0 Å². The van der Waals surface area contributed by atoms with Gasteiger partial charge in [-0.1, -0.05) is 31.4 Å². The molecule has 1 aromatic carbocycles. The first-order valence-electron chi connectivity index (χ1n) is 6.91. The first kappa shape index (κ1) is 15.6. The Bertz CT molecular complexity index is 647. The Morgan fingerprint density at radius 1 is 1.19 bits per heavy atom. The molecule has 6 nitrogen and oxygen atoms in total. The maximum Gasteiger partial charge on any atom is 0.287 e. The molecule has 0 radical (unpaired) electrons. The van der Waals surface area contributed by atoms with E-state index in [1.54, 1.807) is 0 Å². The molecule has 7 heteroatoms. The fourth-order valence-corrected chi connectivity index (χ4v) is 4.19. The molecule has 1 saturated carbocycles. The van der Waals surface area contributed by atoms with Crippen molar-refractivity contribution in [2.75, 3.05) is 5.75 Å². The molecule has 1 aliphatic rings. The molecular weight excluding hydrogens is 294 g/mol. The van der Waals surface area contributed by atoms with Crippen molar-refractivity contribution >= 4 is 21.3 Å². The Hall–Kier alpha value is -1.76. The summed E-state index contributed by atoms with van der Waals surface area (Å²) in [6.07, 6.45) is 4.36. The Balaban J connectivity index is 2.22. The van der Waals surface area contributed by atoms with E-state index >= 15 is 0 Å². The van der Waals surface area contributed by atoms with E-state index in [2.05, 4.69) is 0 Å². The second kappa shape index (κ2) is 6.34. The van der Waals surface area contributed by atoms with E-state index in [-0.39, 0.29) is 16.6 Å². The number of sulfone groups is 1. The van der Waals surface area contributed by atoms with Gasteiger partial charge in [-0.3, -0.25) is 14.9 Å². The van der Waals surface area contributed by atoms with Crippen LogP contribution in [0.4, 0.5) is 5.69 Å². The number of Topliss-reactive ketones (excluding diaryl/α,β-unsaturated/α-hetero) is 1. The summed E-state index contributed by atoms with van der Waals surface area (Å²) >= 11 is 0. The summed E-state index contributed by atoms with van der Waals surface area (Å²) < 4.78 is 24.6. The second-order valence-electron chi connectivity index (χ2n) is 5.29. The molecule has 21 heavy (non-hydrogen) atoms. The van der Waals surface area contributed by atoms with Gasteiger partial charge in [-0.15, -0.1) is 0 Å². The van der Waals surface area contributed by atoms with Gasteiger partial charge in [0.05, 0.1) is 4.92 Å². The van der Waals surface area contributed by atoms with E-state index in [0.29, 0.717) is 12.8 Å². The monoisotopic (exact) mass is 311 g/mol. The predicted octanol–water partition coefficient (Wildman–Crippen LogP) is 2.52. The number of carbonyl (C=O) groups excluding carboxylic acids is 1. The van der Waals surface area contributed by atoms with Gasteiger partial charge in [0.2, 0.25) is 0 Å². The molecule has 0 saturated heterocycles. The standard InChI is InChI=1S/C14H17NO5S/c16-13(11-6-2-1-3-7-11)10-21(19,20)14-9-5-4-8-12(14)15(17)18/h4-5,8-9,11H,1-3,6-7,10H2. The van der Waals surface area contributed by atoms with Crippen LogP contribution in [-0.4, -0.2) is 24.9 Å².